The van der Waals surface area contributed by atoms with Crippen molar-refractivity contribution in [3.63, 3.8) is 0 Å². The molecule has 21 heavy (non-hydrogen) atoms. The van der Waals surface area contributed by atoms with Gasteiger partial charge in [0.25, 0.3) is 0 Å². The third-order valence-corrected chi connectivity index (χ3v) is 2.98. The van der Waals surface area contributed by atoms with Crippen LogP contribution in [0, 0.1) is 0 Å². The highest BCUT2D eigenvalue weighted by molar-refractivity contribution is 5.34. The van der Waals surface area contributed by atoms with Gasteiger partial charge in [-0.25, -0.2) is 0 Å². The minimum absolute atomic E-state index is 0.187. The molecule has 0 saturated carbocycles. The first-order valence-corrected chi connectivity index (χ1v) is 5.89. The summed E-state index contributed by atoms with van der Waals surface area (Å²) in [4.78, 5) is 1.19. The van der Waals surface area contributed by atoms with Gasteiger partial charge >= 0.3 is 12.4 Å². The first-order valence-electron chi connectivity index (χ1n) is 5.89. The van der Waals surface area contributed by atoms with Crippen LogP contribution in [0.3, 0.4) is 0 Å². The maximum Gasteiger partial charge on any atom is 0.435 e. The molecule has 0 radical (unpaired) electrons. The molecule has 0 aliphatic rings. The molecule has 1 heterocycles. The number of rotatable bonds is 4. The Hall–Kier alpha value is -1.29. The van der Waals surface area contributed by atoms with Gasteiger partial charge in [0.15, 0.2) is 5.69 Å². The Bertz CT molecular complexity index is 491. The molecule has 4 nitrogen and oxygen atoms in total. The summed E-state index contributed by atoms with van der Waals surface area (Å²) < 4.78 is 78.3. The smallest absolute Gasteiger partial charge is 0.396 e. The highest BCUT2D eigenvalue weighted by Gasteiger charge is 2.48. The van der Waals surface area contributed by atoms with Crippen LogP contribution in [0.15, 0.2) is 0 Å². The standard InChI is InChI=1S/C11H15F6N3O/c1-19(2)6(4-5-21)7-8(10(12,13)14)18-20(3)9(7)11(15,16)17/h6,21H,4-5H2,1-3H3. The lowest BCUT2D eigenvalue weighted by Gasteiger charge is -2.26. The maximum absolute atomic E-state index is 13.1. The van der Waals surface area contributed by atoms with Gasteiger partial charge in [0.2, 0.25) is 0 Å². The number of nitrogens with zero attached hydrogens (tertiary/aromatic N) is 3. The zero-order valence-corrected chi connectivity index (χ0v) is 11.5. The Labute approximate surface area is 117 Å². The Kier molecular flexibility index (Phi) is 4.94. The van der Waals surface area contributed by atoms with E-state index in [9.17, 15) is 26.3 Å². The molecular formula is C11H15F6N3O. The number of aliphatic hydroxyl groups excluding tert-OH is 1. The predicted octanol–water partition coefficient (Wildman–Crippen LogP) is 2.44. The van der Waals surface area contributed by atoms with Crippen molar-refractivity contribution in [2.45, 2.75) is 24.8 Å². The van der Waals surface area contributed by atoms with Gasteiger partial charge in [0.05, 0.1) is 0 Å². The van der Waals surface area contributed by atoms with Crippen molar-refractivity contribution in [3.8, 4) is 0 Å². The van der Waals surface area contributed by atoms with Gasteiger partial charge in [-0.3, -0.25) is 4.68 Å². The lowest BCUT2D eigenvalue weighted by molar-refractivity contribution is -0.146. The van der Waals surface area contributed by atoms with Gasteiger partial charge in [-0.1, -0.05) is 0 Å². The second kappa shape index (κ2) is 5.84. The zero-order chi connectivity index (χ0) is 16.6. The SMILES string of the molecule is CN(C)C(CCO)c1c(C(F)(F)F)nn(C)c1C(F)(F)F. The molecule has 0 saturated heterocycles. The van der Waals surface area contributed by atoms with Crippen LogP contribution in [-0.2, 0) is 19.4 Å². The van der Waals surface area contributed by atoms with Crippen LogP contribution >= 0.6 is 0 Å². The van der Waals surface area contributed by atoms with Gasteiger partial charge in [-0.15, -0.1) is 0 Å². The Morgan fingerprint density at radius 2 is 1.67 bits per heavy atom. The fourth-order valence-electron chi connectivity index (χ4n) is 2.18. The summed E-state index contributed by atoms with van der Waals surface area (Å²) in [6.07, 6.45) is -10.3. The van der Waals surface area contributed by atoms with E-state index < -0.39 is 42.0 Å². The number of aliphatic hydroxyl groups is 1. The van der Waals surface area contributed by atoms with Gasteiger partial charge in [-0.05, 0) is 20.5 Å². The highest BCUT2D eigenvalue weighted by atomic mass is 19.4. The molecule has 0 amide bonds. The van der Waals surface area contributed by atoms with E-state index in [4.69, 9.17) is 5.11 Å². The molecule has 1 rings (SSSR count). The maximum atomic E-state index is 13.1. The third-order valence-electron chi connectivity index (χ3n) is 2.98. The molecular weight excluding hydrogens is 304 g/mol. The first-order chi connectivity index (χ1) is 9.41. The number of aryl methyl sites for hydroxylation is 1. The fraction of sp³-hybridized carbons (Fsp3) is 0.727. The van der Waals surface area contributed by atoms with Crippen molar-refractivity contribution in [2.75, 3.05) is 20.7 Å². The average molecular weight is 319 g/mol. The number of halogens is 6. The molecule has 122 valence electrons. The van der Waals surface area contributed by atoms with E-state index in [1.807, 2.05) is 0 Å². The summed E-state index contributed by atoms with van der Waals surface area (Å²) in [5.41, 5.74) is -4.00. The van der Waals surface area contributed by atoms with Gasteiger partial charge in [-0.2, -0.15) is 31.4 Å². The molecule has 0 aliphatic carbocycles. The Morgan fingerprint density at radius 3 is 2.00 bits per heavy atom. The molecule has 1 N–H and O–H groups in total. The van der Waals surface area contributed by atoms with Gasteiger partial charge in [0, 0.05) is 25.3 Å². The van der Waals surface area contributed by atoms with Crippen molar-refractivity contribution in [1.82, 2.24) is 14.7 Å². The average Bonchev–Trinajstić information content (AvgIpc) is 2.62. The minimum atomic E-state index is -5.01. The molecule has 0 aliphatic heterocycles. The van der Waals surface area contributed by atoms with Crippen LogP contribution in [0.5, 0.6) is 0 Å². The second-order valence-electron chi connectivity index (χ2n) is 4.72. The van der Waals surface area contributed by atoms with Crippen LogP contribution in [0.4, 0.5) is 26.3 Å². The summed E-state index contributed by atoms with van der Waals surface area (Å²) in [6.45, 7) is -0.549. The van der Waals surface area contributed by atoms with Crippen molar-refractivity contribution in [3.05, 3.63) is 17.0 Å². The van der Waals surface area contributed by atoms with E-state index in [1.165, 1.54) is 19.0 Å². The van der Waals surface area contributed by atoms with Crippen molar-refractivity contribution in [2.24, 2.45) is 7.05 Å². The summed E-state index contributed by atoms with van der Waals surface area (Å²) >= 11 is 0. The molecule has 1 aromatic rings. The van der Waals surface area contributed by atoms with Crippen LogP contribution in [0.2, 0.25) is 0 Å². The van der Waals surface area contributed by atoms with Gasteiger partial charge < -0.3 is 10.0 Å². The summed E-state index contributed by atoms with van der Waals surface area (Å²) in [7, 11) is 3.49. The van der Waals surface area contributed by atoms with E-state index in [0.717, 1.165) is 7.05 Å². The molecule has 0 spiro atoms. The van der Waals surface area contributed by atoms with Crippen LogP contribution < -0.4 is 0 Å². The van der Waals surface area contributed by atoms with E-state index >= 15 is 0 Å². The molecule has 10 heteroatoms. The number of hydrogen-bond acceptors (Lipinski definition) is 3. The molecule has 1 atom stereocenters. The fourth-order valence-corrected chi connectivity index (χ4v) is 2.18. The monoisotopic (exact) mass is 319 g/mol. The normalized spacial score (nSPS) is 14.8. The predicted molar refractivity (Wildman–Crippen MR) is 61.3 cm³/mol. The first kappa shape index (κ1) is 17.8. The second-order valence-corrected chi connectivity index (χ2v) is 4.72. The minimum Gasteiger partial charge on any atom is -0.396 e. The number of alkyl halides is 6. The van der Waals surface area contributed by atoms with Crippen LogP contribution in [0.1, 0.15) is 29.4 Å². The molecule has 1 aromatic heterocycles. The molecule has 1 unspecified atom stereocenters. The largest absolute Gasteiger partial charge is 0.435 e. The Balaban J connectivity index is 3.64. The third kappa shape index (κ3) is 3.67. The van der Waals surface area contributed by atoms with Crippen molar-refractivity contribution >= 4 is 0 Å². The quantitative estimate of drug-likeness (QED) is 0.867. The van der Waals surface area contributed by atoms with E-state index in [-0.39, 0.29) is 11.1 Å². The molecule has 0 fully saturated rings. The number of hydrogen-bond donors (Lipinski definition) is 1. The summed E-state index contributed by atoms with van der Waals surface area (Å²) in [6, 6.07) is -1.25. The zero-order valence-electron chi connectivity index (χ0n) is 11.5. The van der Waals surface area contributed by atoms with E-state index in [2.05, 4.69) is 5.10 Å². The highest BCUT2D eigenvalue weighted by Crippen LogP contribution is 2.43. The van der Waals surface area contributed by atoms with E-state index in [1.54, 1.807) is 0 Å². The Morgan fingerprint density at radius 1 is 1.14 bits per heavy atom. The topological polar surface area (TPSA) is 41.3 Å². The molecule has 0 aromatic carbocycles. The molecule has 0 bridgehead atoms. The van der Waals surface area contributed by atoms with Crippen molar-refractivity contribution in [1.29, 1.82) is 0 Å². The van der Waals surface area contributed by atoms with Crippen molar-refractivity contribution < 1.29 is 31.4 Å². The lowest BCUT2D eigenvalue weighted by atomic mass is 9.99. The van der Waals surface area contributed by atoms with Crippen LogP contribution in [-0.4, -0.2) is 40.5 Å². The summed E-state index contributed by atoms with van der Waals surface area (Å²) in [5, 5.41) is 11.9. The lowest BCUT2D eigenvalue weighted by Crippen LogP contribution is -2.26. The van der Waals surface area contributed by atoms with Gasteiger partial charge in [0.1, 0.15) is 5.69 Å². The number of aromatic nitrogens is 2. The van der Waals surface area contributed by atoms with Crippen LogP contribution in [0.25, 0.3) is 0 Å². The van der Waals surface area contributed by atoms with E-state index in [0.29, 0.717) is 0 Å². The summed E-state index contributed by atoms with van der Waals surface area (Å²) in [5.74, 6) is 0.